The Bertz CT molecular complexity index is 289. The lowest BCUT2D eigenvalue weighted by Crippen LogP contribution is -2.49. The molecule has 2 saturated heterocycles. The number of hydrogen-bond acceptors (Lipinski definition) is 3. The summed E-state index contributed by atoms with van der Waals surface area (Å²) >= 11 is 0. The van der Waals surface area contributed by atoms with Crippen molar-refractivity contribution in [1.29, 1.82) is 0 Å². The molecule has 0 aliphatic carbocycles. The van der Waals surface area contributed by atoms with Crippen LogP contribution in [-0.4, -0.2) is 48.8 Å². The second-order valence-corrected chi connectivity index (χ2v) is 5.86. The summed E-state index contributed by atoms with van der Waals surface area (Å²) in [6.45, 7) is 6.52. The summed E-state index contributed by atoms with van der Waals surface area (Å²) in [6.07, 6.45) is 4.95. The van der Waals surface area contributed by atoms with E-state index < -0.39 is 11.4 Å². The van der Waals surface area contributed by atoms with E-state index in [0.717, 1.165) is 58.5 Å². The fraction of sp³-hybridized carbons (Fsp3) is 0.929. The van der Waals surface area contributed by atoms with Crippen LogP contribution in [0.5, 0.6) is 0 Å². The van der Waals surface area contributed by atoms with Crippen LogP contribution >= 0.6 is 0 Å². The number of piperidine rings is 1. The van der Waals surface area contributed by atoms with Crippen molar-refractivity contribution in [2.24, 2.45) is 11.3 Å². The molecule has 2 fully saturated rings. The molecule has 0 bridgehead atoms. The normalized spacial score (nSPS) is 34.4. The smallest absolute Gasteiger partial charge is 0.310 e. The van der Waals surface area contributed by atoms with E-state index in [4.69, 9.17) is 4.74 Å². The van der Waals surface area contributed by atoms with E-state index in [1.54, 1.807) is 0 Å². The van der Waals surface area contributed by atoms with E-state index in [2.05, 4.69) is 4.90 Å². The Balaban J connectivity index is 1.91. The fourth-order valence-electron chi connectivity index (χ4n) is 3.31. The Morgan fingerprint density at radius 2 is 2.33 bits per heavy atom. The molecule has 18 heavy (non-hydrogen) atoms. The molecule has 0 aromatic carbocycles. The standard InChI is InChI=1S/C14H25NO3/c1-2-14(13(16)17)6-4-7-15(11-14)9-12-5-3-8-18-10-12/h12H,2-11H2,1H3,(H,16,17). The van der Waals surface area contributed by atoms with Gasteiger partial charge in [0.05, 0.1) is 12.0 Å². The number of nitrogens with zero attached hydrogens (tertiary/aromatic N) is 1. The molecule has 2 atom stereocenters. The van der Waals surface area contributed by atoms with Crippen molar-refractivity contribution >= 4 is 5.97 Å². The van der Waals surface area contributed by atoms with Crippen molar-refractivity contribution in [3.63, 3.8) is 0 Å². The van der Waals surface area contributed by atoms with Crippen LogP contribution in [0, 0.1) is 11.3 Å². The zero-order valence-corrected chi connectivity index (χ0v) is 11.4. The highest BCUT2D eigenvalue weighted by Gasteiger charge is 2.41. The predicted octanol–water partition coefficient (Wildman–Crippen LogP) is 1.99. The van der Waals surface area contributed by atoms with Crippen LogP contribution in [0.1, 0.15) is 39.0 Å². The third-order valence-corrected chi connectivity index (χ3v) is 4.56. The summed E-state index contributed by atoms with van der Waals surface area (Å²) in [5.41, 5.74) is -0.506. The molecule has 104 valence electrons. The molecule has 2 rings (SSSR count). The molecule has 0 aromatic rings. The summed E-state index contributed by atoms with van der Waals surface area (Å²) in [5, 5.41) is 9.46. The Labute approximate surface area is 109 Å². The van der Waals surface area contributed by atoms with Crippen molar-refractivity contribution in [2.45, 2.75) is 39.0 Å². The van der Waals surface area contributed by atoms with E-state index in [9.17, 15) is 9.90 Å². The van der Waals surface area contributed by atoms with Gasteiger partial charge < -0.3 is 14.7 Å². The number of carbonyl (C=O) groups is 1. The molecular weight excluding hydrogens is 230 g/mol. The summed E-state index contributed by atoms with van der Waals surface area (Å²) in [5.74, 6) is -0.0187. The monoisotopic (exact) mass is 255 g/mol. The SMILES string of the molecule is CCC1(C(=O)O)CCCN(CC2CCCOC2)C1. The van der Waals surface area contributed by atoms with Gasteiger partial charge in [0, 0.05) is 19.7 Å². The van der Waals surface area contributed by atoms with Gasteiger partial charge in [0.25, 0.3) is 0 Å². The van der Waals surface area contributed by atoms with Crippen molar-refractivity contribution in [3.05, 3.63) is 0 Å². The third-order valence-electron chi connectivity index (χ3n) is 4.56. The van der Waals surface area contributed by atoms with Gasteiger partial charge in [0.15, 0.2) is 0 Å². The van der Waals surface area contributed by atoms with Crippen LogP contribution in [0.25, 0.3) is 0 Å². The zero-order chi connectivity index (χ0) is 13.0. The molecule has 4 heteroatoms. The summed E-state index contributed by atoms with van der Waals surface area (Å²) in [6, 6.07) is 0. The number of rotatable bonds is 4. The maximum Gasteiger partial charge on any atom is 0.310 e. The van der Waals surface area contributed by atoms with Crippen molar-refractivity contribution in [2.75, 3.05) is 32.8 Å². The van der Waals surface area contributed by atoms with Crippen LogP contribution in [0.3, 0.4) is 0 Å². The molecule has 2 unspecified atom stereocenters. The number of aliphatic carboxylic acids is 1. The largest absolute Gasteiger partial charge is 0.481 e. The second-order valence-electron chi connectivity index (χ2n) is 5.86. The Kier molecular flexibility index (Phi) is 4.62. The highest BCUT2D eigenvalue weighted by Crippen LogP contribution is 2.34. The Morgan fingerprint density at radius 1 is 1.50 bits per heavy atom. The molecule has 2 aliphatic heterocycles. The number of carboxylic acids is 1. The van der Waals surface area contributed by atoms with Crippen LogP contribution in [-0.2, 0) is 9.53 Å². The van der Waals surface area contributed by atoms with Crippen LogP contribution < -0.4 is 0 Å². The van der Waals surface area contributed by atoms with E-state index in [1.807, 2.05) is 6.92 Å². The highest BCUT2D eigenvalue weighted by atomic mass is 16.5. The van der Waals surface area contributed by atoms with Gasteiger partial charge in [-0.1, -0.05) is 6.92 Å². The quantitative estimate of drug-likeness (QED) is 0.834. The first-order valence-electron chi connectivity index (χ1n) is 7.20. The van der Waals surface area contributed by atoms with Gasteiger partial charge in [-0.2, -0.15) is 0 Å². The van der Waals surface area contributed by atoms with Crippen molar-refractivity contribution in [3.8, 4) is 0 Å². The summed E-state index contributed by atoms with van der Waals surface area (Å²) in [7, 11) is 0. The number of likely N-dealkylation sites (tertiary alicyclic amines) is 1. The molecule has 0 spiro atoms. The first-order chi connectivity index (χ1) is 8.66. The zero-order valence-electron chi connectivity index (χ0n) is 11.4. The minimum atomic E-state index is -0.616. The molecule has 0 amide bonds. The molecule has 4 nitrogen and oxygen atoms in total. The van der Waals surface area contributed by atoms with Gasteiger partial charge in [0.1, 0.15) is 0 Å². The predicted molar refractivity (Wildman–Crippen MR) is 69.6 cm³/mol. The van der Waals surface area contributed by atoms with E-state index in [0.29, 0.717) is 5.92 Å². The minimum absolute atomic E-state index is 0.506. The summed E-state index contributed by atoms with van der Waals surface area (Å²) in [4.78, 5) is 13.8. The first kappa shape index (κ1) is 13.8. The molecule has 2 heterocycles. The van der Waals surface area contributed by atoms with Gasteiger partial charge in [-0.15, -0.1) is 0 Å². The number of ether oxygens (including phenoxy) is 1. The number of hydrogen-bond donors (Lipinski definition) is 1. The average Bonchev–Trinajstić information content (AvgIpc) is 2.40. The lowest BCUT2D eigenvalue weighted by molar-refractivity contribution is -0.153. The van der Waals surface area contributed by atoms with Gasteiger partial charge in [-0.3, -0.25) is 4.79 Å². The molecule has 2 aliphatic rings. The van der Waals surface area contributed by atoms with Crippen LogP contribution in [0.2, 0.25) is 0 Å². The maximum absolute atomic E-state index is 11.5. The number of carboxylic acid groups (broad SMARTS) is 1. The first-order valence-corrected chi connectivity index (χ1v) is 7.20. The Hall–Kier alpha value is -0.610. The lowest BCUT2D eigenvalue weighted by Gasteiger charge is -2.41. The maximum atomic E-state index is 11.5. The summed E-state index contributed by atoms with van der Waals surface area (Å²) < 4.78 is 5.51. The lowest BCUT2D eigenvalue weighted by atomic mass is 9.77. The third kappa shape index (κ3) is 3.04. The molecular formula is C14H25NO3. The highest BCUT2D eigenvalue weighted by molar-refractivity contribution is 5.75. The average molecular weight is 255 g/mol. The fourth-order valence-corrected chi connectivity index (χ4v) is 3.31. The van der Waals surface area contributed by atoms with Gasteiger partial charge in [0.2, 0.25) is 0 Å². The van der Waals surface area contributed by atoms with Gasteiger partial charge >= 0.3 is 5.97 Å². The molecule has 1 N–H and O–H groups in total. The van der Waals surface area contributed by atoms with Crippen molar-refractivity contribution < 1.29 is 14.6 Å². The van der Waals surface area contributed by atoms with Crippen molar-refractivity contribution in [1.82, 2.24) is 4.90 Å². The van der Waals surface area contributed by atoms with Crippen LogP contribution in [0.15, 0.2) is 0 Å². The molecule has 0 saturated carbocycles. The van der Waals surface area contributed by atoms with E-state index in [-0.39, 0.29) is 0 Å². The molecule has 0 radical (unpaired) electrons. The van der Waals surface area contributed by atoms with E-state index in [1.165, 1.54) is 6.42 Å². The van der Waals surface area contributed by atoms with Crippen LogP contribution in [0.4, 0.5) is 0 Å². The van der Waals surface area contributed by atoms with Gasteiger partial charge in [-0.25, -0.2) is 0 Å². The Morgan fingerprint density at radius 3 is 2.94 bits per heavy atom. The van der Waals surface area contributed by atoms with Gasteiger partial charge in [-0.05, 0) is 44.6 Å². The van der Waals surface area contributed by atoms with E-state index >= 15 is 0 Å². The molecule has 0 aromatic heterocycles. The minimum Gasteiger partial charge on any atom is -0.481 e. The second kappa shape index (κ2) is 6.02. The topological polar surface area (TPSA) is 49.8 Å².